The average molecular weight is 213 g/mol. The summed E-state index contributed by atoms with van der Waals surface area (Å²) in [5, 5.41) is 3.41. The monoisotopic (exact) mass is 213 g/mol. The van der Waals surface area contributed by atoms with Crippen LogP contribution in [-0.2, 0) is 4.74 Å². The summed E-state index contributed by atoms with van der Waals surface area (Å²) in [5.41, 5.74) is 0. The van der Waals surface area contributed by atoms with Gasteiger partial charge < -0.3 is 10.1 Å². The van der Waals surface area contributed by atoms with Crippen molar-refractivity contribution in [2.24, 2.45) is 11.8 Å². The molecule has 2 heteroatoms. The molecule has 0 aliphatic heterocycles. The van der Waals surface area contributed by atoms with E-state index in [1.165, 1.54) is 32.1 Å². The lowest BCUT2D eigenvalue weighted by Gasteiger charge is -2.22. The van der Waals surface area contributed by atoms with Crippen molar-refractivity contribution in [3.8, 4) is 0 Å². The Balaban J connectivity index is 2.10. The molecule has 0 radical (unpaired) electrons. The molecule has 1 N–H and O–H groups in total. The van der Waals surface area contributed by atoms with E-state index in [0.29, 0.717) is 6.04 Å². The SMILES string of the molecule is CNC(COCCC(C)C)C1CCCC1. The van der Waals surface area contributed by atoms with Crippen LogP contribution in [0.1, 0.15) is 46.0 Å². The molecule has 0 saturated heterocycles. The fourth-order valence-corrected chi connectivity index (χ4v) is 2.34. The lowest BCUT2D eigenvalue weighted by molar-refractivity contribution is 0.0885. The quantitative estimate of drug-likeness (QED) is 0.657. The van der Waals surface area contributed by atoms with Gasteiger partial charge in [0.15, 0.2) is 0 Å². The van der Waals surface area contributed by atoms with Gasteiger partial charge in [-0.15, -0.1) is 0 Å². The van der Waals surface area contributed by atoms with Crippen LogP contribution in [0.25, 0.3) is 0 Å². The van der Waals surface area contributed by atoms with E-state index in [1.54, 1.807) is 0 Å². The van der Waals surface area contributed by atoms with Gasteiger partial charge in [-0.2, -0.15) is 0 Å². The van der Waals surface area contributed by atoms with Crippen LogP contribution < -0.4 is 5.32 Å². The second-order valence-electron chi connectivity index (χ2n) is 5.20. The standard InChI is InChI=1S/C13H27NO/c1-11(2)8-9-15-10-13(14-3)12-6-4-5-7-12/h11-14H,4-10H2,1-3H3. The molecule has 0 aromatic heterocycles. The maximum Gasteiger partial charge on any atom is 0.0622 e. The van der Waals surface area contributed by atoms with Gasteiger partial charge in [0.2, 0.25) is 0 Å². The largest absolute Gasteiger partial charge is 0.380 e. The first kappa shape index (κ1) is 13.0. The van der Waals surface area contributed by atoms with Crippen LogP contribution in [0.5, 0.6) is 0 Å². The zero-order valence-electron chi connectivity index (χ0n) is 10.6. The summed E-state index contributed by atoms with van der Waals surface area (Å²) < 4.78 is 5.75. The molecule has 0 heterocycles. The molecule has 1 unspecified atom stereocenters. The molecule has 0 aromatic rings. The van der Waals surface area contributed by atoms with Crippen LogP contribution in [0.2, 0.25) is 0 Å². The number of ether oxygens (including phenoxy) is 1. The molecular formula is C13H27NO. The number of hydrogen-bond acceptors (Lipinski definition) is 2. The summed E-state index contributed by atoms with van der Waals surface area (Å²) in [6, 6.07) is 0.583. The van der Waals surface area contributed by atoms with Gasteiger partial charge in [0.1, 0.15) is 0 Å². The first-order chi connectivity index (χ1) is 7.24. The highest BCUT2D eigenvalue weighted by Gasteiger charge is 2.23. The Morgan fingerprint density at radius 1 is 1.27 bits per heavy atom. The molecule has 1 rings (SSSR count). The lowest BCUT2D eigenvalue weighted by Crippen LogP contribution is -2.36. The molecule has 0 aromatic carbocycles. The van der Waals surface area contributed by atoms with Gasteiger partial charge in [0, 0.05) is 12.6 Å². The maximum absolute atomic E-state index is 5.75. The van der Waals surface area contributed by atoms with E-state index in [4.69, 9.17) is 4.74 Å². The van der Waals surface area contributed by atoms with E-state index in [2.05, 4.69) is 26.2 Å². The topological polar surface area (TPSA) is 21.3 Å². The first-order valence-electron chi connectivity index (χ1n) is 6.49. The highest BCUT2D eigenvalue weighted by molar-refractivity contribution is 4.79. The number of rotatable bonds is 7. The third-order valence-electron chi connectivity index (χ3n) is 3.48. The van der Waals surface area contributed by atoms with E-state index in [9.17, 15) is 0 Å². The summed E-state index contributed by atoms with van der Waals surface area (Å²) in [6.45, 7) is 6.31. The molecule has 1 saturated carbocycles. The van der Waals surface area contributed by atoms with Crippen LogP contribution >= 0.6 is 0 Å². The zero-order chi connectivity index (χ0) is 11.1. The van der Waals surface area contributed by atoms with Crippen LogP contribution in [0.3, 0.4) is 0 Å². The van der Waals surface area contributed by atoms with Gasteiger partial charge in [-0.25, -0.2) is 0 Å². The van der Waals surface area contributed by atoms with E-state index >= 15 is 0 Å². The van der Waals surface area contributed by atoms with E-state index in [1.807, 2.05) is 0 Å². The summed E-state index contributed by atoms with van der Waals surface area (Å²) in [4.78, 5) is 0. The minimum Gasteiger partial charge on any atom is -0.380 e. The zero-order valence-corrected chi connectivity index (χ0v) is 10.6. The highest BCUT2D eigenvalue weighted by Crippen LogP contribution is 2.27. The molecule has 1 aliphatic rings. The summed E-state index contributed by atoms with van der Waals surface area (Å²) in [5.74, 6) is 1.61. The fraction of sp³-hybridized carbons (Fsp3) is 1.00. The van der Waals surface area contributed by atoms with E-state index < -0.39 is 0 Å². The number of nitrogens with one attached hydrogen (secondary N) is 1. The van der Waals surface area contributed by atoms with Gasteiger partial charge in [0.25, 0.3) is 0 Å². The smallest absolute Gasteiger partial charge is 0.0622 e. The lowest BCUT2D eigenvalue weighted by atomic mass is 9.99. The fourth-order valence-electron chi connectivity index (χ4n) is 2.34. The molecule has 15 heavy (non-hydrogen) atoms. The van der Waals surface area contributed by atoms with Crippen molar-refractivity contribution in [3.63, 3.8) is 0 Å². The van der Waals surface area contributed by atoms with Crippen molar-refractivity contribution in [2.45, 2.75) is 52.0 Å². The van der Waals surface area contributed by atoms with Crippen LogP contribution in [0, 0.1) is 11.8 Å². The van der Waals surface area contributed by atoms with E-state index in [-0.39, 0.29) is 0 Å². The molecule has 0 amide bonds. The Bertz CT molecular complexity index is 153. The summed E-state index contributed by atoms with van der Waals surface area (Å²) in [7, 11) is 2.06. The number of likely N-dealkylation sites (N-methyl/N-ethyl adjacent to an activating group) is 1. The second kappa shape index (κ2) is 7.24. The predicted octanol–water partition coefficient (Wildman–Crippen LogP) is 2.83. The predicted molar refractivity (Wildman–Crippen MR) is 65.1 cm³/mol. The third-order valence-corrected chi connectivity index (χ3v) is 3.48. The van der Waals surface area contributed by atoms with Gasteiger partial charge in [-0.05, 0) is 38.1 Å². The second-order valence-corrected chi connectivity index (χ2v) is 5.20. The summed E-state index contributed by atoms with van der Waals surface area (Å²) >= 11 is 0. The van der Waals surface area contributed by atoms with Crippen molar-refractivity contribution < 1.29 is 4.74 Å². The molecule has 90 valence electrons. The molecule has 0 bridgehead atoms. The molecular weight excluding hydrogens is 186 g/mol. The van der Waals surface area contributed by atoms with Gasteiger partial charge in [-0.1, -0.05) is 26.7 Å². The van der Waals surface area contributed by atoms with Crippen LogP contribution in [-0.4, -0.2) is 26.3 Å². The minimum atomic E-state index is 0.583. The van der Waals surface area contributed by atoms with Crippen LogP contribution in [0.15, 0.2) is 0 Å². The molecule has 1 fully saturated rings. The van der Waals surface area contributed by atoms with Crippen molar-refractivity contribution in [3.05, 3.63) is 0 Å². The van der Waals surface area contributed by atoms with Gasteiger partial charge in [-0.3, -0.25) is 0 Å². The number of hydrogen-bond donors (Lipinski definition) is 1. The van der Waals surface area contributed by atoms with Crippen molar-refractivity contribution in [2.75, 3.05) is 20.3 Å². The normalized spacial score (nSPS) is 20.0. The summed E-state index contributed by atoms with van der Waals surface area (Å²) in [6.07, 6.45) is 6.78. The van der Waals surface area contributed by atoms with Gasteiger partial charge in [0.05, 0.1) is 6.61 Å². The highest BCUT2D eigenvalue weighted by atomic mass is 16.5. The third kappa shape index (κ3) is 4.98. The molecule has 2 nitrogen and oxygen atoms in total. The molecule has 1 atom stereocenters. The van der Waals surface area contributed by atoms with Crippen molar-refractivity contribution in [1.29, 1.82) is 0 Å². The Hall–Kier alpha value is -0.0800. The van der Waals surface area contributed by atoms with Gasteiger partial charge >= 0.3 is 0 Å². The van der Waals surface area contributed by atoms with Crippen molar-refractivity contribution in [1.82, 2.24) is 5.32 Å². The van der Waals surface area contributed by atoms with Crippen molar-refractivity contribution >= 4 is 0 Å². The Labute approximate surface area is 94.8 Å². The average Bonchev–Trinajstić information content (AvgIpc) is 2.70. The maximum atomic E-state index is 5.75. The van der Waals surface area contributed by atoms with Crippen LogP contribution in [0.4, 0.5) is 0 Å². The molecule has 0 spiro atoms. The van der Waals surface area contributed by atoms with E-state index in [0.717, 1.165) is 25.0 Å². The Kier molecular flexibility index (Phi) is 6.26. The Morgan fingerprint density at radius 2 is 1.93 bits per heavy atom. The molecule has 1 aliphatic carbocycles. The minimum absolute atomic E-state index is 0.583. The first-order valence-corrected chi connectivity index (χ1v) is 6.49. The Morgan fingerprint density at radius 3 is 2.47 bits per heavy atom.